The van der Waals surface area contributed by atoms with Crippen LogP contribution in [0.15, 0.2) is 65.7 Å². The highest BCUT2D eigenvalue weighted by Crippen LogP contribution is 2.49. The highest BCUT2D eigenvalue weighted by Gasteiger charge is 2.59. The second-order valence-electron chi connectivity index (χ2n) is 12.8. The van der Waals surface area contributed by atoms with E-state index in [2.05, 4.69) is 26.2 Å². The van der Waals surface area contributed by atoms with E-state index in [-0.39, 0.29) is 38.7 Å². The summed E-state index contributed by atoms with van der Waals surface area (Å²) in [5, 5.41) is 22.1. The van der Waals surface area contributed by atoms with Gasteiger partial charge in [-0.15, -0.1) is 0 Å². The van der Waals surface area contributed by atoms with E-state index in [0.717, 1.165) is 39.1 Å². The van der Waals surface area contributed by atoms with Gasteiger partial charge < -0.3 is 19.7 Å². The molecule has 1 atom stereocenters. The van der Waals surface area contributed by atoms with Gasteiger partial charge in [-0.2, -0.15) is 14.8 Å². The van der Waals surface area contributed by atoms with Crippen LogP contribution in [0.1, 0.15) is 35.1 Å². The Morgan fingerprint density at radius 1 is 0.920 bits per heavy atom. The zero-order valence-electron chi connectivity index (χ0n) is 27.5. The Morgan fingerprint density at radius 2 is 1.58 bits per heavy atom. The normalized spacial score (nSPS) is 21.9. The number of piperidine rings is 1. The molecule has 4 aliphatic heterocycles. The lowest BCUT2D eigenvalue weighted by atomic mass is 9.83. The molecule has 7 rings (SSSR count). The van der Waals surface area contributed by atoms with Gasteiger partial charge in [0.15, 0.2) is 5.54 Å². The number of hydrogen-bond donors (Lipinski definition) is 1. The van der Waals surface area contributed by atoms with E-state index in [1.165, 1.54) is 55.8 Å². The monoisotopic (exact) mass is 696 g/mol. The number of benzene rings is 2. The van der Waals surface area contributed by atoms with Gasteiger partial charge in [-0.05, 0) is 67.4 Å². The number of methoxy groups -OCH3 is 1. The topological polar surface area (TPSA) is 172 Å². The molecule has 0 unspecified atom stereocenters. The van der Waals surface area contributed by atoms with E-state index in [1.807, 2.05) is 6.07 Å². The third-order valence-corrected chi connectivity index (χ3v) is 11.9. The number of ether oxygens (including phenoxy) is 2. The van der Waals surface area contributed by atoms with Crippen molar-refractivity contribution in [1.29, 1.82) is 10.5 Å². The van der Waals surface area contributed by atoms with Gasteiger partial charge in [-0.3, -0.25) is 14.6 Å². The number of urea groups is 1. The minimum atomic E-state index is -4.58. The number of rotatable bonds is 7. The number of amides is 3. The SMILES string of the molecule is COc1ncccc1[C@]1(NC(=O)N2CCN(C3CCN(C4COC4)CC3)CC2)C(=O)N(S(=O)(=O)c2ccc(C#N)cc2)c2ccc(C#N)cc21. The summed E-state index contributed by atoms with van der Waals surface area (Å²) in [5.74, 6) is -0.995. The molecule has 0 aliphatic carbocycles. The van der Waals surface area contributed by atoms with Crippen molar-refractivity contribution in [2.24, 2.45) is 0 Å². The molecule has 14 nitrogen and oxygen atoms in total. The third kappa shape index (κ3) is 5.62. The smallest absolute Gasteiger partial charge is 0.318 e. The molecule has 5 heterocycles. The van der Waals surface area contributed by atoms with Gasteiger partial charge in [0.25, 0.3) is 15.9 Å². The van der Waals surface area contributed by atoms with E-state index in [1.54, 1.807) is 17.0 Å². The summed E-state index contributed by atoms with van der Waals surface area (Å²) in [4.78, 5) is 39.8. The molecule has 1 aromatic heterocycles. The summed E-state index contributed by atoms with van der Waals surface area (Å²) in [6.45, 7) is 5.73. The first-order valence-corrected chi connectivity index (χ1v) is 17.9. The second kappa shape index (κ2) is 13.3. The van der Waals surface area contributed by atoms with Gasteiger partial charge >= 0.3 is 6.03 Å². The molecule has 2 aromatic carbocycles. The molecule has 0 spiro atoms. The lowest BCUT2D eigenvalue weighted by Gasteiger charge is -2.46. The summed E-state index contributed by atoms with van der Waals surface area (Å²) in [6, 6.07) is 16.9. The van der Waals surface area contributed by atoms with Gasteiger partial charge in [-0.25, -0.2) is 18.2 Å². The average molecular weight is 697 g/mol. The van der Waals surface area contributed by atoms with E-state index < -0.39 is 27.5 Å². The van der Waals surface area contributed by atoms with Crippen molar-refractivity contribution in [1.82, 2.24) is 25.0 Å². The standard InChI is InChI=1S/C35H36N8O6S/c1-48-32-29(3-2-12-38-32)35(39-34(45)42-17-15-41(16-18-42)26-10-13-40(14-11-26)27-22-49-23-27)30-19-25(21-37)6-9-31(30)43(33(35)44)50(46,47)28-7-4-24(20-36)5-8-28/h2-9,12,19,26-27H,10-11,13-18,22-23H2,1H3,(H,39,45)/t35-/m1/s1. The predicted molar refractivity (Wildman–Crippen MR) is 179 cm³/mol. The number of nitrogens with one attached hydrogen (secondary N) is 1. The largest absolute Gasteiger partial charge is 0.481 e. The van der Waals surface area contributed by atoms with Crippen LogP contribution in [0.2, 0.25) is 0 Å². The van der Waals surface area contributed by atoms with E-state index in [9.17, 15) is 28.5 Å². The first-order chi connectivity index (χ1) is 24.2. The highest BCUT2D eigenvalue weighted by atomic mass is 32.2. The Hall–Kier alpha value is -5.06. The summed E-state index contributed by atoms with van der Waals surface area (Å²) < 4.78 is 40.1. The van der Waals surface area contributed by atoms with Gasteiger partial charge in [0.1, 0.15) is 0 Å². The maximum absolute atomic E-state index is 14.9. The second-order valence-corrected chi connectivity index (χ2v) is 14.6. The van der Waals surface area contributed by atoms with Crippen molar-refractivity contribution in [3.05, 3.63) is 83.0 Å². The van der Waals surface area contributed by atoms with Crippen molar-refractivity contribution in [2.75, 3.05) is 63.9 Å². The fraction of sp³-hybridized carbons (Fsp3) is 0.400. The molecule has 3 amide bonds. The van der Waals surface area contributed by atoms with Gasteiger partial charge in [0, 0.05) is 57.1 Å². The number of nitrogens with zero attached hydrogens (tertiary/aromatic N) is 7. The first-order valence-electron chi connectivity index (χ1n) is 16.5. The Bertz CT molecular complexity index is 1990. The summed E-state index contributed by atoms with van der Waals surface area (Å²) in [7, 11) is -3.22. The average Bonchev–Trinajstić information content (AvgIpc) is 3.38. The fourth-order valence-corrected chi connectivity index (χ4v) is 8.84. The van der Waals surface area contributed by atoms with Gasteiger partial charge in [0.2, 0.25) is 5.88 Å². The number of carbonyl (C=O) groups is 2. The van der Waals surface area contributed by atoms with E-state index >= 15 is 0 Å². The molecular weight excluding hydrogens is 661 g/mol. The fourth-order valence-electron chi connectivity index (χ4n) is 7.37. The molecule has 4 aliphatic rings. The number of piperazine rings is 1. The summed E-state index contributed by atoms with van der Waals surface area (Å²) in [5.41, 5.74) is -1.58. The molecule has 1 N–H and O–H groups in total. The molecule has 50 heavy (non-hydrogen) atoms. The lowest BCUT2D eigenvalue weighted by Crippen LogP contribution is -2.61. The number of anilines is 1. The lowest BCUT2D eigenvalue weighted by molar-refractivity contribution is -0.121. The van der Waals surface area contributed by atoms with E-state index in [0.29, 0.717) is 42.6 Å². The number of likely N-dealkylation sites (tertiary alicyclic amines) is 1. The predicted octanol–water partition coefficient (Wildman–Crippen LogP) is 2.00. The number of nitriles is 2. The zero-order valence-corrected chi connectivity index (χ0v) is 28.3. The van der Waals surface area contributed by atoms with Crippen LogP contribution in [0.3, 0.4) is 0 Å². The Balaban J connectivity index is 1.22. The maximum atomic E-state index is 14.9. The van der Waals surface area contributed by atoms with Crippen LogP contribution in [0.5, 0.6) is 5.88 Å². The third-order valence-electron chi connectivity index (χ3n) is 10.2. The minimum absolute atomic E-state index is 0.00305. The van der Waals surface area contributed by atoms with Crippen LogP contribution in [-0.4, -0.2) is 112 Å². The molecule has 3 aromatic rings. The number of hydrogen-bond acceptors (Lipinski definition) is 11. The number of fused-ring (bicyclic) bond motifs is 1. The molecule has 3 saturated heterocycles. The number of carbonyl (C=O) groups excluding carboxylic acids is 2. The van der Waals surface area contributed by atoms with Gasteiger partial charge in [-0.1, -0.05) is 0 Å². The first kappa shape index (κ1) is 33.4. The van der Waals surface area contributed by atoms with Crippen molar-refractivity contribution >= 4 is 27.6 Å². The van der Waals surface area contributed by atoms with Crippen LogP contribution in [-0.2, 0) is 25.1 Å². The van der Waals surface area contributed by atoms with Crippen LogP contribution in [0.25, 0.3) is 0 Å². The van der Waals surface area contributed by atoms with Crippen molar-refractivity contribution in [3.63, 3.8) is 0 Å². The molecule has 258 valence electrons. The molecule has 3 fully saturated rings. The minimum Gasteiger partial charge on any atom is -0.481 e. The molecular formula is C35H36N8O6S. The van der Waals surface area contributed by atoms with E-state index in [4.69, 9.17) is 9.47 Å². The van der Waals surface area contributed by atoms with Crippen molar-refractivity contribution in [2.45, 2.75) is 35.4 Å². The number of sulfonamides is 1. The van der Waals surface area contributed by atoms with Crippen LogP contribution >= 0.6 is 0 Å². The summed E-state index contributed by atoms with van der Waals surface area (Å²) >= 11 is 0. The van der Waals surface area contributed by atoms with Crippen LogP contribution < -0.4 is 14.4 Å². The Morgan fingerprint density at radius 3 is 2.20 bits per heavy atom. The highest BCUT2D eigenvalue weighted by molar-refractivity contribution is 7.93. The Kier molecular flexibility index (Phi) is 8.92. The molecule has 15 heteroatoms. The molecule has 0 radical (unpaired) electrons. The maximum Gasteiger partial charge on any atom is 0.318 e. The van der Waals surface area contributed by atoms with Gasteiger partial charge in [0.05, 0.1) is 65.8 Å². The van der Waals surface area contributed by atoms with Crippen molar-refractivity contribution < 1.29 is 27.5 Å². The zero-order chi connectivity index (χ0) is 35.0. The quantitative estimate of drug-likeness (QED) is 0.383. The Labute approximate surface area is 290 Å². The summed E-state index contributed by atoms with van der Waals surface area (Å²) in [6.07, 6.45) is 3.55. The number of aromatic nitrogens is 1. The number of pyridine rings is 1. The van der Waals surface area contributed by atoms with Crippen LogP contribution in [0.4, 0.5) is 10.5 Å². The van der Waals surface area contributed by atoms with Crippen molar-refractivity contribution in [3.8, 4) is 18.0 Å². The molecule has 0 bridgehead atoms. The molecule has 0 saturated carbocycles. The van der Waals surface area contributed by atoms with Crippen LogP contribution in [0, 0.1) is 22.7 Å².